The summed E-state index contributed by atoms with van der Waals surface area (Å²) in [7, 11) is 0. The minimum atomic E-state index is -0.313. The summed E-state index contributed by atoms with van der Waals surface area (Å²) >= 11 is 0. The van der Waals surface area contributed by atoms with E-state index in [1.54, 1.807) is 6.21 Å². The van der Waals surface area contributed by atoms with Crippen LogP contribution in [0.1, 0.15) is 33.9 Å². The Labute approximate surface area is 196 Å². The van der Waals surface area contributed by atoms with Crippen molar-refractivity contribution in [3.8, 4) is 17.4 Å². The van der Waals surface area contributed by atoms with E-state index in [1.807, 2.05) is 30.3 Å². The highest BCUT2D eigenvalue weighted by Gasteiger charge is 2.17. The molecule has 0 fully saturated rings. The van der Waals surface area contributed by atoms with Gasteiger partial charge in [0.25, 0.3) is 0 Å². The third kappa shape index (κ3) is 4.54. The van der Waals surface area contributed by atoms with Crippen LogP contribution in [-0.4, -0.2) is 15.3 Å². The molecule has 0 bridgehead atoms. The molecule has 0 aliphatic carbocycles. The molecule has 0 N–H and O–H groups in total. The Hall–Kier alpha value is -3.84. The highest BCUT2D eigenvalue weighted by Crippen LogP contribution is 2.30. The largest absolute Gasteiger partial charge is 0.318 e. The molecule has 166 valence electrons. The smallest absolute Gasteiger partial charge is 0.0856 e. The number of rotatable bonds is 6. The van der Waals surface area contributed by atoms with Gasteiger partial charge in [-0.25, -0.2) is 0 Å². The van der Waals surface area contributed by atoms with Crippen molar-refractivity contribution in [3.63, 3.8) is 0 Å². The van der Waals surface area contributed by atoms with Gasteiger partial charge in [-0.2, -0.15) is 5.26 Å². The summed E-state index contributed by atoms with van der Waals surface area (Å²) < 4.78 is 4.60. The van der Waals surface area contributed by atoms with Crippen LogP contribution in [0.4, 0.5) is 5.69 Å². The number of aromatic nitrogens is 2. The number of nitriles is 1. The van der Waals surface area contributed by atoms with Crippen molar-refractivity contribution >= 4 is 11.9 Å². The van der Waals surface area contributed by atoms with Gasteiger partial charge in [-0.05, 0) is 101 Å². The summed E-state index contributed by atoms with van der Waals surface area (Å²) in [6.45, 7) is 10.7. The highest BCUT2D eigenvalue weighted by molar-refractivity contribution is 5.69. The third-order valence-corrected chi connectivity index (χ3v) is 6.22. The third-order valence-electron chi connectivity index (χ3n) is 6.22. The van der Waals surface area contributed by atoms with Crippen LogP contribution >= 0.6 is 0 Å². The number of aliphatic imine (C=N–C) groups is 1. The molecule has 2 aromatic heterocycles. The molecule has 2 heterocycles. The highest BCUT2D eigenvalue weighted by atomic mass is 15.0. The Kier molecular flexibility index (Phi) is 6.33. The monoisotopic (exact) mass is 434 g/mol. The normalized spacial score (nSPS) is 12.2. The second-order valence-electron chi connectivity index (χ2n) is 8.72. The van der Waals surface area contributed by atoms with E-state index in [0.717, 1.165) is 22.6 Å². The molecule has 0 radical (unpaired) electrons. The van der Waals surface area contributed by atoms with Gasteiger partial charge in [0.05, 0.1) is 29.0 Å². The van der Waals surface area contributed by atoms with Gasteiger partial charge in [0.1, 0.15) is 0 Å². The lowest BCUT2D eigenvalue weighted by atomic mass is 9.97. The summed E-state index contributed by atoms with van der Waals surface area (Å²) in [6, 6.07) is 25.3. The van der Waals surface area contributed by atoms with E-state index >= 15 is 0 Å². The van der Waals surface area contributed by atoms with Gasteiger partial charge in [0.2, 0.25) is 0 Å². The summed E-state index contributed by atoms with van der Waals surface area (Å²) in [5, 5.41) is 9.85. The first kappa shape index (κ1) is 22.4. The lowest BCUT2D eigenvalue weighted by Gasteiger charge is -2.21. The summed E-state index contributed by atoms with van der Waals surface area (Å²) in [5.41, 5.74) is 10.3. The molecule has 0 amide bonds. The quantitative estimate of drug-likeness (QED) is 0.305. The Morgan fingerprint density at radius 2 is 1.27 bits per heavy atom. The van der Waals surface area contributed by atoms with Crippen molar-refractivity contribution < 1.29 is 0 Å². The molecule has 4 rings (SSSR count). The molecule has 4 aromatic rings. The number of nitrogens with zero attached hydrogens (tertiary/aromatic N) is 4. The Morgan fingerprint density at radius 1 is 0.788 bits per heavy atom. The first-order chi connectivity index (χ1) is 15.9. The Morgan fingerprint density at radius 3 is 1.73 bits per heavy atom. The zero-order valence-electron chi connectivity index (χ0n) is 20.0. The van der Waals surface area contributed by atoms with Crippen LogP contribution in [0.2, 0.25) is 0 Å². The average Bonchev–Trinajstić information content (AvgIpc) is 3.33. The average molecular weight is 435 g/mol. The molecule has 0 spiro atoms. The van der Waals surface area contributed by atoms with Crippen molar-refractivity contribution in [1.82, 2.24) is 9.13 Å². The summed E-state index contributed by atoms with van der Waals surface area (Å²) in [5.74, 6) is -0.313. The number of aryl methyl sites for hydroxylation is 4. The van der Waals surface area contributed by atoms with Crippen molar-refractivity contribution in [2.45, 2.75) is 41.0 Å². The molecular formula is C29H30N4. The fraction of sp³-hybridized carbons (Fsp3) is 0.241. The molecule has 0 saturated heterocycles. The molecular weight excluding hydrogens is 404 g/mol. The van der Waals surface area contributed by atoms with Gasteiger partial charge in [-0.1, -0.05) is 18.2 Å². The Balaban J connectivity index is 1.81. The number of hydrogen-bond donors (Lipinski definition) is 0. The van der Waals surface area contributed by atoms with Crippen LogP contribution in [0, 0.1) is 51.9 Å². The number of para-hydroxylation sites is 1. The van der Waals surface area contributed by atoms with Gasteiger partial charge in [-0.3, -0.25) is 4.99 Å². The van der Waals surface area contributed by atoms with Crippen molar-refractivity contribution in [2.75, 3.05) is 0 Å². The summed E-state index contributed by atoms with van der Waals surface area (Å²) in [4.78, 5) is 4.53. The summed E-state index contributed by atoms with van der Waals surface area (Å²) in [6.07, 6.45) is 2.37. The number of hydrogen-bond acceptors (Lipinski definition) is 2. The molecule has 4 heteroatoms. The van der Waals surface area contributed by atoms with E-state index < -0.39 is 0 Å². The van der Waals surface area contributed by atoms with Gasteiger partial charge < -0.3 is 9.13 Å². The molecule has 1 atom stereocenters. The van der Waals surface area contributed by atoms with Crippen LogP contribution in [-0.2, 0) is 6.42 Å². The van der Waals surface area contributed by atoms with Crippen LogP contribution in [0.15, 0.2) is 71.7 Å². The first-order valence-electron chi connectivity index (χ1n) is 11.3. The van der Waals surface area contributed by atoms with Crippen molar-refractivity contribution in [3.05, 3.63) is 101 Å². The first-order valence-corrected chi connectivity index (χ1v) is 11.3. The van der Waals surface area contributed by atoms with Crippen molar-refractivity contribution in [2.24, 2.45) is 10.9 Å². The van der Waals surface area contributed by atoms with Gasteiger partial charge in [0.15, 0.2) is 0 Å². The second-order valence-corrected chi connectivity index (χ2v) is 8.72. The molecule has 0 aliphatic rings. The lowest BCUT2D eigenvalue weighted by molar-refractivity contribution is 0.860. The van der Waals surface area contributed by atoms with E-state index in [9.17, 15) is 5.26 Å². The minimum Gasteiger partial charge on any atom is -0.318 e. The van der Waals surface area contributed by atoms with Gasteiger partial charge >= 0.3 is 0 Å². The van der Waals surface area contributed by atoms with E-state index in [0.29, 0.717) is 6.42 Å². The number of benzene rings is 2. The van der Waals surface area contributed by atoms with E-state index in [-0.39, 0.29) is 5.92 Å². The molecule has 0 saturated carbocycles. The maximum absolute atomic E-state index is 9.85. The van der Waals surface area contributed by atoms with E-state index in [4.69, 9.17) is 0 Å². The van der Waals surface area contributed by atoms with Crippen LogP contribution < -0.4 is 0 Å². The molecule has 4 nitrogen and oxygen atoms in total. The van der Waals surface area contributed by atoms with E-state index in [2.05, 4.69) is 91.2 Å². The van der Waals surface area contributed by atoms with Gasteiger partial charge in [-0.15, -0.1) is 0 Å². The minimum absolute atomic E-state index is 0.313. The topological polar surface area (TPSA) is 46.0 Å². The van der Waals surface area contributed by atoms with Gasteiger partial charge in [0, 0.05) is 29.0 Å². The van der Waals surface area contributed by atoms with Crippen LogP contribution in [0.25, 0.3) is 11.4 Å². The maximum Gasteiger partial charge on any atom is 0.0856 e. The predicted molar refractivity (Wildman–Crippen MR) is 136 cm³/mol. The fourth-order valence-electron chi connectivity index (χ4n) is 4.50. The second kappa shape index (κ2) is 9.34. The van der Waals surface area contributed by atoms with E-state index in [1.165, 1.54) is 28.3 Å². The standard InChI is InChI=1S/C29H30N4/c1-20-11-12-21(2)32(20)28-16-25(15-26(18-30)19-31-27-9-7-6-8-10-27)17-29(24(28)5)33-22(3)13-14-23(33)4/h6-14,16-17,19,26H,15H2,1-5H3. The van der Waals surface area contributed by atoms with Crippen LogP contribution in [0.5, 0.6) is 0 Å². The predicted octanol–water partition coefficient (Wildman–Crippen LogP) is 6.89. The SMILES string of the molecule is Cc1c(-n2c(C)ccc2C)cc(CC(C#N)C=Nc2ccccc2)cc1-n1c(C)ccc1C. The lowest BCUT2D eigenvalue weighted by Crippen LogP contribution is -2.11. The van der Waals surface area contributed by atoms with Crippen molar-refractivity contribution in [1.29, 1.82) is 5.26 Å². The maximum atomic E-state index is 9.85. The molecule has 33 heavy (non-hydrogen) atoms. The van der Waals surface area contributed by atoms with Crippen LogP contribution in [0.3, 0.4) is 0 Å². The molecule has 2 aromatic carbocycles. The fourth-order valence-corrected chi connectivity index (χ4v) is 4.50. The molecule has 0 aliphatic heterocycles. The Bertz CT molecular complexity index is 1240. The zero-order chi connectivity index (χ0) is 23.5. The zero-order valence-corrected chi connectivity index (χ0v) is 20.0. The molecule has 1 unspecified atom stereocenters.